The van der Waals surface area contributed by atoms with Crippen LogP contribution < -0.4 is 10.1 Å². The Labute approximate surface area is 157 Å². The molecule has 1 N–H and O–H groups in total. The number of para-hydroxylation sites is 1. The Bertz CT molecular complexity index is 943. The Kier molecular flexibility index (Phi) is 5.39. The molecule has 0 aliphatic carbocycles. The van der Waals surface area contributed by atoms with E-state index in [1.54, 1.807) is 18.2 Å². The highest BCUT2D eigenvalue weighted by Gasteiger charge is 2.14. The first-order valence-corrected chi connectivity index (χ1v) is 8.06. The molecule has 0 radical (unpaired) electrons. The number of halogens is 4. The molecule has 1 amide bonds. The second kappa shape index (κ2) is 7.72. The van der Waals surface area contributed by atoms with E-state index in [0.717, 1.165) is 6.07 Å². The minimum atomic E-state index is -0.830. The van der Waals surface area contributed by atoms with Crippen molar-refractivity contribution in [3.05, 3.63) is 76.0 Å². The Hall–Kier alpha value is -2.64. The summed E-state index contributed by atoms with van der Waals surface area (Å²) in [7, 11) is 0. The van der Waals surface area contributed by atoms with E-state index in [9.17, 15) is 13.6 Å². The van der Waals surface area contributed by atoms with Crippen LogP contribution in [0.2, 0.25) is 10.0 Å². The third-order valence-electron chi connectivity index (χ3n) is 3.32. The average molecular weight is 398 g/mol. The molecule has 0 atom stereocenters. The number of hydrogen-bond donors (Lipinski definition) is 1. The largest absolute Gasteiger partial charge is 0.468 e. The van der Waals surface area contributed by atoms with Gasteiger partial charge < -0.3 is 10.1 Å². The predicted octanol–water partition coefficient (Wildman–Crippen LogP) is 4.76. The monoisotopic (exact) mass is 397 g/mol. The van der Waals surface area contributed by atoms with E-state index in [1.807, 2.05) is 0 Å². The summed E-state index contributed by atoms with van der Waals surface area (Å²) in [5.41, 5.74) is 0.365. The first-order valence-electron chi connectivity index (χ1n) is 7.30. The zero-order valence-electron chi connectivity index (χ0n) is 13.0. The Morgan fingerprint density at radius 1 is 1.15 bits per heavy atom. The molecule has 3 rings (SSSR count). The standard InChI is InChI=1S/C17H11Cl2F2N3O2/c18-11-2-1-3-12(19)16(11)22-17(25)14-6-7-24(23-14)9-26-15-5-4-10(20)8-13(15)21/h1-8H,9H2,(H,22,25). The molecule has 0 saturated carbocycles. The molecule has 0 bridgehead atoms. The number of nitrogens with zero attached hydrogens (tertiary/aromatic N) is 2. The molecule has 3 aromatic rings. The lowest BCUT2D eigenvalue weighted by molar-refractivity contribution is 0.102. The van der Waals surface area contributed by atoms with Crippen molar-refractivity contribution >= 4 is 34.8 Å². The summed E-state index contributed by atoms with van der Waals surface area (Å²) in [5, 5.41) is 7.19. The Morgan fingerprint density at radius 2 is 1.88 bits per heavy atom. The molecule has 9 heteroatoms. The maximum absolute atomic E-state index is 13.5. The number of carbonyl (C=O) groups is 1. The summed E-state index contributed by atoms with van der Waals surface area (Å²) >= 11 is 12.0. The van der Waals surface area contributed by atoms with Crippen LogP contribution in [0.15, 0.2) is 48.7 Å². The molecule has 134 valence electrons. The topological polar surface area (TPSA) is 56.2 Å². The van der Waals surface area contributed by atoms with Crippen LogP contribution in [-0.4, -0.2) is 15.7 Å². The van der Waals surface area contributed by atoms with Crippen molar-refractivity contribution in [2.24, 2.45) is 0 Å². The van der Waals surface area contributed by atoms with Crippen LogP contribution in [0.25, 0.3) is 0 Å². The number of ether oxygens (including phenoxy) is 1. The van der Waals surface area contributed by atoms with Gasteiger partial charge in [0.25, 0.3) is 5.91 Å². The van der Waals surface area contributed by atoms with Crippen LogP contribution in [-0.2, 0) is 6.73 Å². The molecule has 26 heavy (non-hydrogen) atoms. The van der Waals surface area contributed by atoms with Crippen molar-refractivity contribution in [3.63, 3.8) is 0 Å². The van der Waals surface area contributed by atoms with E-state index in [4.69, 9.17) is 27.9 Å². The second-order valence-corrected chi connectivity index (χ2v) is 5.95. The normalized spacial score (nSPS) is 10.6. The zero-order valence-corrected chi connectivity index (χ0v) is 14.6. The van der Waals surface area contributed by atoms with Gasteiger partial charge in [-0.2, -0.15) is 5.10 Å². The average Bonchev–Trinajstić information content (AvgIpc) is 3.06. The van der Waals surface area contributed by atoms with Gasteiger partial charge in [0.1, 0.15) is 5.82 Å². The Balaban J connectivity index is 1.66. The van der Waals surface area contributed by atoms with Crippen LogP contribution in [0.5, 0.6) is 5.75 Å². The SMILES string of the molecule is O=C(Nc1c(Cl)cccc1Cl)c1ccn(COc2ccc(F)cc2F)n1. The van der Waals surface area contributed by atoms with E-state index in [1.165, 1.54) is 23.0 Å². The van der Waals surface area contributed by atoms with Crippen molar-refractivity contribution in [3.8, 4) is 5.75 Å². The third-order valence-corrected chi connectivity index (χ3v) is 3.95. The van der Waals surface area contributed by atoms with Gasteiger partial charge in [-0.3, -0.25) is 4.79 Å². The van der Waals surface area contributed by atoms with Crippen molar-refractivity contribution in [1.82, 2.24) is 9.78 Å². The van der Waals surface area contributed by atoms with Gasteiger partial charge in [0.05, 0.1) is 15.7 Å². The lowest BCUT2D eigenvalue weighted by Crippen LogP contribution is -2.15. The molecule has 0 aliphatic heterocycles. The molecule has 0 saturated heterocycles. The molecule has 0 aliphatic rings. The molecule has 5 nitrogen and oxygen atoms in total. The lowest BCUT2D eigenvalue weighted by Gasteiger charge is -2.08. The van der Waals surface area contributed by atoms with Gasteiger partial charge in [-0.15, -0.1) is 0 Å². The second-order valence-electron chi connectivity index (χ2n) is 5.14. The minimum absolute atomic E-state index is 0.0872. The van der Waals surface area contributed by atoms with E-state index < -0.39 is 17.5 Å². The molecular weight excluding hydrogens is 387 g/mol. The highest BCUT2D eigenvalue weighted by molar-refractivity contribution is 6.39. The number of benzene rings is 2. The van der Waals surface area contributed by atoms with Crippen molar-refractivity contribution in [2.75, 3.05) is 5.32 Å². The van der Waals surface area contributed by atoms with E-state index in [-0.39, 0.29) is 23.9 Å². The highest BCUT2D eigenvalue weighted by atomic mass is 35.5. The van der Waals surface area contributed by atoms with E-state index in [2.05, 4.69) is 10.4 Å². The first kappa shape index (κ1) is 18.2. The summed E-state index contributed by atoms with van der Waals surface area (Å²) in [6.07, 6.45) is 1.48. The Morgan fingerprint density at radius 3 is 2.58 bits per heavy atom. The van der Waals surface area contributed by atoms with Gasteiger partial charge >= 0.3 is 0 Å². The molecule has 1 heterocycles. The molecule has 0 unspecified atom stereocenters. The van der Waals surface area contributed by atoms with Gasteiger partial charge in [0, 0.05) is 12.3 Å². The molecule has 0 fully saturated rings. The van der Waals surface area contributed by atoms with Gasteiger partial charge in [-0.25, -0.2) is 13.5 Å². The van der Waals surface area contributed by atoms with Gasteiger partial charge in [-0.05, 0) is 30.3 Å². The van der Waals surface area contributed by atoms with Crippen molar-refractivity contribution in [1.29, 1.82) is 0 Å². The number of rotatable bonds is 5. The van der Waals surface area contributed by atoms with Gasteiger partial charge in [-0.1, -0.05) is 29.3 Å². The summed E-state index contributed by atoms with van der Waals surface area (Å²) in [5.74, 6) is -2.18. The summed E-state index contributed by atoms with van der Waals surface area (Å²) in [6.45, 7) is -0.164. The molecule has 1 aromatic heterocycles. The van der Waals surface area contributed by atoms with E-state index >= 15 is 0 Å². The third kappa shape index (κ3) is 4.12. The number of amides is 1. The highest BCUT2D eigenvalue weighted by Crippen LogP contribution is 2.30. The number of nitrogens with one attached hydrogen (secondary N) is 1. The predicted molar refractivity (Wildman–Crippen MR) is 93.6 cm³/mol. The van der Waals surface area contributed by atoms with Gasteiger partial charge in [0.15, 0.2) is 24.0 Å². The molecule has 2 aromatic carbocycles. The fourth-order valence-corrected chi connectivity index (χ4v) is 2.57. The van der Waals surface area contributed by atoms with Crippen LogP contribution in [0.3, 0.4) is 0 Å². The summed E-state index contributed by atoms with van der Waals surface area (Å²) in [6, 6.07) is 9.24. The van der Waals surface area contributed by atoms with Crippen molar-refractivity contribution < 1.29 is 18.3 Å². The summed E-state index contributed by atoms with van der Waals surface area (Å²) in [4.78, 5) is 12.3. The minimum Gasteiger partial charge on any atom is -0.468 e. The van der Waals surface area contributed by atoms with Crippen molar-refractivity contribution in [2.45, 2.75) is 6.73 Å². The molecule has 0 spiro atoms. The number of carbonyl (C=O) groups excluding carboxylic acids is 1. The molecular formula is C17H11Cl2F2N3O2. The van der Waals surface area contributed by atoms with Crippen LogP contribution in [0.4, 0.5) is 14.5 Å². The quantitative estimate of drug-likeness (QED) is 0.675. The van der Waals surface area contributed by atoms with Crippen LogP contribution >= 0.6 is 23.2 Å². The number of anilines is 1. The summed E-state index contributed by atoms with van der Waals surface area (Å²) < 4.78 is 32.9. The van der Waals surface area contributed by atoms with Crippen LogP contribution in [0.1, 0.15) is 10.5 Å². The fourth-order valence-electron chi connectivity index (χ4n) is 2.08. The maximum Gasteiger partial charge on any atom is 0.276 e. The first-order chi connectivity index (χ1) is 12.4. The van der Waals surface area contributed by atoms with Gasteiger partial charge in [0.2, 0.25) is 0 Å². The smallest absolute Gasteiger partial charge is 0.276 e. The fraction of sp³-hybridized carbons (Fsp3) is 0.0588. The maximum atomic E-state index is 13.5. The number of hydrogen-bond acceptors (Lipinski definition) is 3. The number of aromatic nitrogens is 2. The lowest BCUT2D eigenvalue weighted by atomic mass is 10.3. The zero-order chi connectivity index (χ0) is 18.7. The van der Waals surface area contributed by atoms with Crippen LogP contribution in [0, 0.1) is 11.6 Å². The van der Waals surface area contributed by atoms with E-state index in [0.29, 0.717) is 16.1 Å².